The van der Waals surface area contributed by atoms with Crippen molar-refractivity contribution in [1.29, 1.82) is 0 Å². The first kappa shape index (κ1) is 17.0. The average molecular weight is 307 g/mol. The molecule has 1 aliphatic carbocycles. The molecule has 1 saturated carbocycles. The van der Waals surface area contributed by atoms with Gasteiger partial charge < -0.3 is 9.84 Å². The van der Waals surface area contributed by atoms with Crippen LogP contribution in [0.2, 0.25) is 0 Å². The largest absolute Gasteiger partial charge is 0.353 e. The fourth-order valence-electron chi connectivity index (χ4n) is 2.87. The zero-order valence-electron chi connectivity index (χ0n) is 14.3. The Morgan fingerprint density at radius 1 is 1.32 bits per heavy atom. The van der Waals surface area contributed by atoms with Gasteiger partial charge in [-0.2, -0.15) is 4.98 Å². The number of hydrogen-bond donors (Lipinski definition) is 1. The molecule has 1 heterocycles. The van der Waals surface area contributed by atoms with E-state index >= 15 is 0 Å². The molecule has 5 nitrogen and oxygen atoms in total. The van der Waals surface area contributed by atoms with Gasteiger partial charge in [-0.25, -0.2) is 0 Å². The molecule has 0 spiro atoms. The number of carbonyl (C=O) groups is 1. The number of aryl methyl sites for hydroxylation is 1. The van der Waals surface area contributed by atoms with E-state index in [2.05, 4.69) is 43.2 Å². The monoisotopic (exact) mass is 307 g/mol. The zero-order chi connectivity index (χ0) is 16.2. The predicted octanol–water partition coefficient (Wildman–Crippen LogP) is 3.38. The van der Waals surface area contributed by atoms with Gasteiger partial charge in [0.1, 0.15) is 0 Å². The lowest BCUT2D eigenvalue weighted by Crippen LogP contribution is -2.40. The van der Waals surface area contributed by atoms with Gasteiger partial charge in [0, 0.05) is 24.3 Å². The fraction of sp³-hybridized carbons (Fsp3) is 0.824. The molecule has 0 bridgehead atoms. The van der Waals surface area contributed by atoms with Crippen LogP contribution < -0.4 is 5.32 Å². The molecular formula is C17H29N3O2. The van der Waals surface area contributed by atoms with Crippen molar-refractivity contribution >= 4 is 5.91 Å². The summed E-state index contributed by atoms with van der Waals surface area (Å²) < 4.78 is 5.25. The SMILES string of the molecule is C[C@H]1CCCC[C@@H]1NC(=O)CCCc1nc(C(C)(C)C)no1. The molecule has 1 aliphatic rings. The first-order chi connectivity index (χ1) is 10.4. The molecule has 0 radical (unpaired) electrons. The van der Waals surface area contributed by atoms with Gasteiger partial charge >= 0.3 is 0 Å². The molecule has 1 N–H and O–H groups in total. The number of aromatic nitrogens is 2. The van der Waals surface area contributed by atoms with Crippen molar-refractivity contribution in [2.24, 2.45) is 5.92 Å². The Hall–Kier alpha value is -1.39. The normalized spacial score (nSPS) is 22.5. The first-order valence-electron chi connectivity index (χ1n) is 8.48. The summed E-state index contributed by atoms with van der Waals surface area (Å²) in [6.45, 7) is 8.40. The van der Waals surface area contributed by atoms with Crippen LogP contribution in [0.5, 0.6) is 0 Å². The molecule has 0 aliphatic heterocycles. The van der Waals surface area contributed by atoms with Gasteiger partial charge in [-0.15, -0.1) is 0 Å². The minimum Gasteiger partial charge on any atom is -0.353 e. The second-order valence-electron chi connectivity index (χ2n) is 7.55. The van der Waals surface area contributed by atoms with E-state index in [0.29, 0.717) is 30.7 Å². The number of amides is 1. The van der Waals surface area contributed by atoms with E-state index < -0.39 is 0 Å². The van der Waals surface area contributed by atoms with E-state index in [0.717, 1.165) is 18.7 Å². The van der Waals surface area contributed by atoms with Gasteiger partial charge in [0.2, 0.25) is 11.8 Å². The summed E-state index contributed by atoms with van der Waals surface area (Å²) in [5.41, 5.74) is -0.101. The van der Waals surface area contributed by atoms with Crippen molar-refractivity contribution in [3.63, 3.8) is 0 Å². The number of rotatable bonds is 5. The van der Waals surface area contributed by atoms with Crippen molar-refractivity contribution in [1.82, 2.24) is 15.5 Å². The maximum absolute atomic E-state index is 12.0. The van der Waals surface area contributed by atoms with E-state index in [4.69, 9.17) is 4.52 Å². The highest BCUT2D eigenvalue weighted by Crippen LogP contribution is 2.24. The molecule has 0 saturated heterocycles. The summed E-state index contributed by atoms with van der Waals surface area (Å²) in [6, 6.07) is 0.358. The van der Waals surface area contributed by atoms with Crippen LogP contribution in [0.15, 0.2) is 4.52 Å². The standard InChI is InChI=1S/C17H29N3O2/c1-12-8-5-6-9-13(12)18-14(21)10-7-11-15-19-16(20-22-15)17(2,3)4/h12-13H,5-11H2,1-4H3,(H,18,21)/t12-,13-/m0/s1. The highest BCUT2D eigenvalue weighted by molar-refractivity contribution is 5.76. The second-order valence-corrected chi connectivity index (χ2v) is 7.55. The van der Waals surface area contributed by atoms with Gasteiger partial charge in [-0.05, 0) is 25.2 Å². The van der Waals surface area contributed by atoms with Crippen LogP contribution in [0, 0.1) is 5.92 Å². The van der Waals surface area contributed by atoms with Gasteiger partial charge in [-0.3, -0.25) is 4.79 Å². The van der Waals surface area contributed by atoms with Crippen LogP contribution in [0.25, 0.3) is 0 Å². The number of hydrogen-bond acceptors (Lipinski definition) is 4. The molecule has 1 aromatic heterocycles. The molecule has 1 fully saturated rings. The van der Waals surface area contributed by atoms with E-state index in [1.807, 2.05) is 0 Å². The first-order valence-corrected chi connectivity index (χ1v) is 8.48. The molecule has 1 aromatic rings. The molecule has 22 heavy (non-hydrogen) atoms. The van der Waals surface area contributed by atoms with Crippen molar-refractivity contribution in [3.8, 4) is 0 Å². The molecule has 1 amide bonds. The molecule has 0 unspecified atom stereocenters. The lowest BCUT2D eigenvalue weighted by molar-refractivity contribution is -0.122. The Bertz CT molecular complexity index is 490. The molecular weight excluding hydrogens is 278 g/mol. The maximum Gasteiger partial charge on any atom is 0.226 e. The third kappa shape index (κ3) is 4.82. The summed E-state index contributed by atoms with van der Waals surface area (Å²) in [4.78, 5) is 16.4. The van der Waals surface area contributed by atoms with Gasteiger partial charge in [-0.1, -0.05) is 45.7 Å². The third-order valence-corrected chi connectivity index (χ3v) is 4.39. The summed E-state index contributed by atoms with van der Waals surface area (Å²) in [7, 11) is 0. The van der Waals surface area contributed by atoms with Crippen molar-refractivity contribution in [2.75, 3.05) is 0 Å². The maximum atomic E-state index is 12.0. The minimum atomic E-state index is -0.101. The van der Waals surface area contributed by atoms with Crippen LogP contribution in [0.3, 0.4) is 0 Å². The Labute approximate surface area is 133 Å². The van der Waals surface area contributed by atoms with E-state index in [-0.39, 0.29) is 11.3 Å². The number of nitrogens with one attached hydrogen (secondary N) is 1. The van der Waals surface area contributed by atoms with Crippen LogP contribution in [0.4, 0.5) is 0 Å². The molecule has 124 valence electrons. The second kappa shape index (κ2) is 7.25. The van der Waals surface area contributed by atoms with Crippen LogP contribution in [-0.2, 0) is 16.6 Å². The summed E-state index contributed by atoms with van der Waals surface area (Å²) >= 11 is 0. The number of nitrogens with zero attached hydrogens (tertiary/aromatic N) is 2. The lowest BCUT2D eigenvalue weighted by Gasteiger charge is -2.29. The highest BCUT2D eigenvalue weighted by Gasteiger charge is 2.23. The summed E-state index contributed by atoms with van der Waals surface area (Å²) in [6.07, 6.45) is 6.80. The van der Waals surface area contributed by atoms with Crippen molar-refractivity contribution < 1.29 is 9.32 Å². The average Bonchev–Trinajstić information content (AvgIpc) is 2.90. The van der Waals surface area contributed by atoms with Gasteiger partial charge in [0.25, 0.3) is 0 Å². The molecule has 2 rings (SSSR count). The Balaban J connectivity index is 1.71. The van der Waals surface area contributed by atoms with Crippen molar-refractivity contribution in [3.05, 3.63) is 11.7 Å². The van der Waals surface area contributed by atoms with Crippen LogP contribution in [0.1, 0.15) is 77.9 Å². The minimum absolute atomic E-state index is 0.101. The molecule has 0 aromatic carbocycles. The third-order valence-electron chi connectivity index (χ3n) is 4.39. The smallest absolute Gasteiger partial charge is 0.226 e. The molecule has 5 heteroatoms. The Morgan fingerprint density at radius 2 is 2.05 bits per heavy atom. The van der Waals surface area contributed by atoms with E-state index in [1.165, 1.54) is 19.3 Å². The Kier molecular flexibility index (Phi) is 5.59. The van der Waals surface area contributed by atoms with Gasteiger partial charge in [0.15, 0.2) is 5.82 Å². The van der Waals surface area contributed by atoms with E-state index in [9.17, 15) is 4.79 Å². The Morgan fingerprint density at radius 3 is 2.68 bits per heavy atom. The zero-order valence-corrected chi connectivity index (χ0v) is 14.3. The summed E-state index contributed by atoms with van der Waals surface area (Å²) in [5, 5.41) is 7.18. The van der Waals surface area contributed by atoms with E-state index in [1.54, 1.807) is 0 Å². The van der Waals surface area contributed by atoms with Crippen LogP contribution in [-0.4, -0.2) is 22.1 Å². The van der Waals surface area contributed by atoms with Gasteiger partial charge in [0.05, 0.1) is 0 Å². The molecule has 2 atom stereocenters. The van der Waals surface area contributed by atoms with Crippen molar-refractivity contribution in [2.45, 2.75) is 84.1 Å². The summed E-state index contributed by atoms with van der Waals surface area (Å²) in [5.74, 6) is 2.10. The van der Waals surface area contributed by atoms with Crippen LogP contribution >= 0.6 is 0 Å². The lowest BCUT2D eigenvalue weighted by atomic mass is 9.86. The topological polar surface area (TPSA) is 68.0 Å². The quantitative estimate of drug-likeness (QED) is 0.905. The number of carbonyl (C=O) groups excluding carboxylic acids is 1. The predicted molar refractivity (Wildman–Crippen MR) is 85.5 cm³/mol. The highest BCUT2D eigenvalue weighted by atomic mass is 16.5. The fourth-order valence-corrected chi connectivity index (χ4v) is 2.87.